The highest BCUT2D eigenvalue weighted by Gasteiger charge is 2.22. The van der Waals surface area contributed by atoms with Crippen LogP contribution in [0.4, 0.5) is 5.69 Å². The van der Waals surface area contributed by atoms with Crippen LogP contribution < -0.4 is 4.74 Å². The Morgan fingerprint density at radius 3 is 2.86 bits per heavy atom. The Kier molecular flexibility index (Phi) is 5.59. The Labute approximate surface area is 171 Å². The average Bonchev–Trinajstić information content (AvgIpc) is 3.15. The molecule has 0 saturated carbocycles. The number of non-ortho nitro benzene ring substituents is 1. The van der Waals surface area contributed by atoms with Crippen molar-refractivity contribution >= 4 is 17.4 Å². The Morgan fingerprint density at radius 2 is 2.10 bits per heavy atom. The first kappa shape index (κ1) is 19.2. The number of rotatable bonds is 7. The molecule has 0 saturated heterocycles. The van der Waals surface area contributed by atoms with Crippen LogP contribution >= 0.6 is 11.8 Å². The molecular weight excluding hydrogens is 392 g/mol. The predicted octanol–water partition coefficient (Wildman–Crippen LogP) is 4.20. The number of nitrogens with zero attached hydrogens (tertiary/aromatic N) is 4. The van der Waals surface area contributed by atoms with Gasteiger partial charge in [-0.25, -0.2) is 0 Å². The van der Waals surface area contributed by atoms with Gasteiger partial charge in [-0.1, -0.05) is 48.2 Å². The van der Waals surface area contributed by atoms with E-state index in [-0.39, 0.29) is 12.5 Å². The Hall–Kier alpha value is -3.17. The summed E-state index contributed by atoms with van der Waals surface area (Å²) in [4.78, 5) is 10.9. The summed E-state index contributed by atoms with van der Waals surface area (Å²) in [6, 6.07) is 12.8. The van der Waals surface area contributed by atoms with Crippen molar-refractivity contribution in [1.82, 2.24) is 14.8 Å². The summed E-state index contributed by atoms with van der Waals surface area (Å²) in [5.41, 5.74) is 2.39. The van der Waals surface area contributed by atoms with Crippen LogP contribution in [0, 0.1) is 10.1 Å². The highest BCUT2D eigenvalue weighted by molar-refractivity contribution is 7.98. The largest absolute Gasteiger partial charge is 0.467 e. The van der Waals surface area contributed by atoms with Crippen molar-refractivity contribution in [2.45, 2.75) is 24.1 Å². The van der Waals surface area contributed by atoms with Gasteiger partial charge in [0.2, 0.25) is 0 Å². The van der Waals surface area contributed by atoms with Crippen molar-refractivity contribution in [2.75, 3.05) is 6.79 Å². The maximum Gasteiger partial charge on any atom is 0.270 e. The molecule has 0 radical (unpaired) electrons. The molecule has 2 aromatic carbocycles. The molecule has 0 unspecified atom stereocenters. The highest BCUT2D eigenvalue weighted by Crippen LogP contribution is 2.36. The fraction of sp³-hybridized carbons (Fsp3) is 0.200. The quantitative estimate of drug-likeness (QED) is 0.249. The van der Waals surface area contributed by atoms with Crippen LogP contribution in [0.25, 0.3) is 11.4 Å². The van der Waals surface area contributed by atoms with Crippen molar-refractivity contribution in [3.05, 3.63) is 76.4 Å². The van der Waals surface area contributed by atoms with E-state index in [9.17, 15) is 10.1 Å². The molecule has 148 valence electrons. The van der Waals surface area contributed by atoms with Gasteiger partial charge in [-0.3, -0.25) is 14.7 Å². The van der Waals surface area contributed by atoms with Gasteiger partial charge in [-0.05, 0) is 0 Å². The SMILES string of the molecule is C=CCn1c(SCc2cc([N+](=O)[O-])cc3c2OCOC3)nnc1-c1ccccc1. The van der Waals surface area contributed by atoms with Crippen LogP contribution in [0.1, 0.15) is 11.1 Å². The predicted molar refractivity (Wildman–Crippen MR) is 109 cm³/mol. The van der Waals surface area contributed by atoms with Crippen LogP contribution in [0.3, 0.4) is 0 Å². The summed E-state index contributed by atoms with van der Waals surface area (Å²) in [7, 11) is 0. The van der Waals surface area contributed by atoms with Crippen molar-refractivity contribution in [1.29, 1.82) is 0 Å². The van der Waals surface area contributed by atoms with Gasteiger partial charge in [0, 0.05) is 41.1 Å². The first-order valence-corrected chi connectivity index (χ1v) is 9.89. The molecule has 0 aliphatic carbocycles. The third-order valence-corrected chi connectivity index (χ3v) is 5.42. The molecule has 4 rings (SSSR count). The second-order valence-electron chi connectivity index (χ2n) is 6.32. The minimum atomic E-state index is -0.406. The van der Waals surface area contributed by atoms with E-state index in [4.69, 9.17) is 9.47 Å². The summed E-state index contributed by atoms with van der Waals surface area (Å²) in [5.74, 6) is 1.85. The van der Waals surface area contributed by atoms with Gasteiger partial charge in [0.05, 0.1) is 11.5 Å². The van der Waals surface area contributed by atoms with E-state index in [1.54, 1.807) is 12.1 Å². The van der Waals surface area contributed by atoms with Crippen molar-refractivity contribution in [3.8, 4) is 17.1 Å². The lowest BCUT2D eigenvalue weighted by molar-refractivity contribution is -0.385. The summed E-state index contributed by atoms with van der Waals surface area (Å²) in [6.45, 7) is 4.80. The molecule has 9 heteroatoms. The molecule has 1 aliphatic heterocycles. The van der Waals surface area contributed by atoms with Gasteiger partial charge >= 0.3 is 0 Å². The molecule has 8 nitrogen and oxygen atoms in total. The van der Waals surface area contributed by atoms with Gasteiger partial charge < -0.3 is 9.47 Å². The Balaban J connectivity index is 1.64. The molecule has 29 heavy (non-hydrogen) atoms. The van der Waals surface area contributed by atoms with Crippen molar-refractivity contribution in [3.63, 3.8) is 0 Å². The topological polar surface area (TPSA) is 92.3 Å². The highest BCUT2D eigenvalue weighted by atomic mass is 32.2. The number of fused-ring (bicyclic) bond motifs is 1. The second-order valence-corrected chi connectivity index (χ2v) is 7.26. The molecule has 1 aliphatic rings. The third-order valence-electron chi connectivity index (χ3n) is 4.40. The lowest BCUT2D eigenvalue weighted by Crippen LogP contribution is -2.13. The lowest BCUT2D eigenvalue weighted by atomic mass is 10.1. The molecule has 2 heterocycles. The van der Waals surface area contributed by atoms with Crippen molar-refractivity contribution in [2.24, 2.45) is 0 Å². The van der Waals surface area contributed by atoms with Crippen LogP contribution in [-0.4, -0.2) is 26.5 Å². The minimum Gasteiger partial charge on any atom is -0.467 e. The summed E-state index contributed by atoms with van der Waals surface area (Å²) in [5, 5.41) is 20.7. The van der Waals surface area contributed by atoms with Gasteiger partial charge in [0.25, 0.3) is 5.69 Å². The monoisotopic (exact) mass is 410 g/mol. The van der Waals surface area contributed by atoms with Crippen molar-refractivity contribution < 1.29 is 14.4 Å². The second kappa shape index (κ2) is 8.46. The number of hydrogen-bond acceptors (Lipinski definition) is 7. The van der Waals surface area contributed by atoms with Crippen LogP contribution in [0.2, 0.25) is 0 Å². The van der Waals surface area contributed by atoms with Gasteiger partial charge in [-0.15, -0.1) is 16.8 Å². The molecule has 1 aromatic heterocycles. The zero-order valence-corrected chi connectivity index (χ0v) is 16.3. The number of benzene rings is 2. The standard InChI is InChI=1S/C20H18N4O4S/c1-2-8-23-19(14-6-4-3-5-7-14)21-22-20(23)29-12-16-10-17(24(25)26)9-15-11-27-13-28-18(15)16/h2-7,9-10H,1,8,11-13H2. The van der Waals surface area contributed by atoms with Crippen LogP contribution in [0.5, 0.6) is 5.75 Å². The van der Waals surface area contributed by atoms with E-state index in [1.165, 1.54) is 17.8 Å². The number of nitro groups is 1. The maximum absolute atomic E-state index is 11.3. The van der Waals surface area contributed by atoms with Gasteiger partial charge in [-0.2, -0.15) is 0 Å². The zero-order valence-electron chi connectivity index (χ0n) is 15.5. The summed E-state index contributed by atoms with van der Waals surface area (Å²) in [6.07, 6.45) is 1.79. The first-order valence-electron chi connectivity index (χ1n) is 8.90. The smallest absolute Gasteiger partial charge is 0.270 e. The molecule has 0 fully saturated rings. The van der Waals surface area contributed by atoms with Crippen LogP contribution in [0.15, 0.2) is 60.3 Å². The third kappa shape index (κ3) is 4.01. The number of allylic oxidation sites excluding steroid dienone is 1. The first-order chi connectivity index (χ1) is 14.2. The molecule has 0 bridgehead atoms. The van der Waals surface area contributed by atoms with Crippen LogP contribution in [-0.2, 0) is 23.6 Å². The molecule has 0 N–H and O–H groups in total. The van der Waals surface area contributed by atoms with E-state index < -0.39 is 4.92 Å². The zero-order chi connectivity index (χ0) is 20.2. The normalized spacial score (nSPS) is 12.8. The molecule has 0 spiro atoms. The van der Waals surface area contributed by atoms with E-state index in [1.807, 2.05) is 34.9 Å². The number of thioether (sulfide) groups is 1. The molecular formula is C20H18N4O4S. The fourth-order valence-corrected chi connectivity index (χ4v) is 4.04. The van der Waals surface area contributed by atoms with E-state index in [0.717, 1.165) is 17.0 Å². The number of hydrogen-bond donors (Lipinski definition) is 0. The Bertz CT molecular complexity index is 1050. The number of nitro benzene ring substituents is 1. The molecule has 0 amide bonds. The summed E-state index contributed by atoms with van der Waals surface area (Å²) >= 11 is 1.45. The minimum absolute atomic E-state index is 0.0194. The number of aromatic nitrogens is 3. The lowest BCUT2D eigenvalue weighted by Gasteiger charge is -2.20. The summed E-state index contributed by atoms with van der Waals surface area (Å²) < 4.78 is 12.8. The number of ether oxygens (including phenoxy) is 2. The fourth-order valence-electron chi connectivity index (χ4n) is 3.13. The van der Waals surface area contributed by atoms with Gasteiger partial charge in [0.15, 0.2) is 17.8 Å². The van der Waals surface area contributed by atoms with E-state index in [0.29, 0.717) is 35.4 Å². The average molecular weight is 410 g/mol. The van der Waals surface area contributed by atoms with E-state index in [2.05, 4.69) is 16.8 Å². The van der Waals surface area contributed by atoms with Gasteiger partial charge in [0.1, 0.15) is 5.75 Å². The maximum atomic E-state index is 11.3. The van der Waals surface area contributed by atoms with E-state index >= 15 is 0 Å². The molecule has 3 aromatic rings. The Morgan fingerprint density at radius 1 is 1.28 bits per heavy atom. The molecule has 0 atom stereocenters.